The summed E-state index contributed by atoms with van der Waals surface area (Å²) in [6.07, 6.45) is 0. The van der Waals surface area contributed by atoms with Crippen molar-refractivity contribution < 1.29 is 14.0 Å². The summed E-state index contributed by atoms with van der Waals surface area (Å²) in [7, 11) is 1.85. The van der Waals surface area contributed by atoms with E-state index in [4.69, 9.17) is 4.42 Å². The number of benzene rings is 2. The first-order chi connectivity index (χ1) is 12.5. The van der Waals surface area contributed by atoms with Crippen LogP contribution in [0.5, 0.6) is 0 Å². The molecular weight excluding hydrogens is 330 g/mol. The lowest BCUT2D eigenvalue weighted by Gasteiger charge is -2.16. The number of carbonyl (C=O) groups excluding carboxylic acids is 2. The number of hydrogen-bond donors (Lipinski definition) is 2. The molecule has 0 aliphatic rings. The van der Waals surface area contributed by atoms with Crippen LogP contribution in [0.1, 0.15) is 21.7 Å². The van der Waals surface area contributed by atoms with Crippen molar-refractivity contribution in [1.82, 2.24) is 15.8 Å². The van der Waals surface area contributed by atoms with Gasteiger partial charge in [0.15, 0.2) is 5.76 Å². The molecule has 0 fully saturated rings. The molecule has 6 nitrogen and oxygen atoms in total. The molecule has 0 radical (unpaired) electrons. The summed E-state index contributed by atoms with van der Waals surface area (Å²) in [5, 5.41) is 0.881. The Bertz CT molecular complexity index is 918. The van der Waals surface area contributed by atoms with Gasteiger partial charge in [-0.05, 0) is 25.6 Å². The molecule has 0 bridgehead atoms. The van der Waals surface area contributed by atoms with Crippen molar-refractivity contribution in [2.45, 2.75) is 13.5 Å². The van der Waals surface area contributed by atoms with Crippen LogP contribution in [0.3, 0.4) is 0 Å². The van der Waals surface area contributed by atoms with E-state index >= 15 is 0 Å². The quantitative estimate of drug-likeness (QED) is 0.693. The Kier molecular flexibility index (Phi) is 5.34. The topological polar surface area (TPSA) is 74.6 Å². The number of rotatable bonds is 5. The molecule has 0 saturated carbocycles. The van der Waals surface area contributed by atoms with Crippen LogP contribution in [0, 0.1) is 6.92 Å². The van der Waals surface area contributed by atoms with E-state index < -0.39 is 5.91 Å². The fraction of sp³-hybridized carbons (Fsp3) is 0.200. The SMILES string of the molecule is Cc1c(C(=O)NNC(=O)CN(C)Cc2ccccc2)oc2ccccc12. The Morgan fingerprint density at radius 3 is 2.42 bits per heavy atom. The monoisotopic (exact) mass is 351 g/mol. The summed E-state index contributed by atoms with van der Waals surface area (Å²) in [5.74, 6) is -0.576. The Morgan fingerprint density at radius 2 is 1.69 bits per heavy atom. The van der Waals surface area contributed by atoms with E-state index in [1.807, 2.05) is 67.4 Å². The lowest BCUT2D eigenvalue weighted by Crippen LogP contribution is -2.45. The molecule has 0 saturated heterocycles. The number of nitrogens with zero attached hydrogens (tertiary/aromatic N) is 1. The van der Waals surface area contributed by atoms with E-state index in [9.17, 15) is 9.59 Å². The van der Waals surface area contributed by atoms with Crippen molar-refractivity contribution >= 4 is 22.8 Å². The Morgan fingerprint density at radius 1 is 1.00 bits per heavy atom. The summed E-state index contributed by atoms with van der Waals surface area (Å²) >= 11 is 0. The Labute approximate surface area is 151 Å². The van der Waals surface area contributed by atoms with Crippen molar-refractivity contribution in [2.24, 2.45) is 0 Å². The summed E-state index contributed by atoms with van der Waals surface area (Å²) in [6, 6.07) is 17.3. The molecule has 2 amide bonds. The summed E-state index contributed by atoms with van der Waals surface area (Å²) in [5.41, 5.74) is 7.34. The molecule has 0 unspecified atom stereocenters. The minimum absolute atomic E-state index is 0.161. The molecule has 0 aliphatic heterocycles. The average molecular weight is 351 g/mol. The third-order valence-electron chi connectivity index (χ3n) is 4.07. The van der Waals surface area contributed by atoms with Gasteiger partial charge in [0, 0.05) is 17.5 Å². The van der Waals surface area contributed by atoms with E-state index in [1.165, 1.54) is 0 Å². The lowest BCUT2D eigenvalue weighted by atomic mass is 10.1. The van der Waals surface area contributed by atoms with Crippen LogP contribution in [-0.4, -0.2) is 30.3 Å². The summed E-state index contributed by atoms with van der Waals surface area (Å²) < 4.78 is 5.58. The van der Waals surface area contributed by atoms with Crippen LogP contribution in [0.15, 0.2) is 59.0 Å². The third-order valence-corrected chi connectivity index (χ3v) is 4.07. The minimum Gasteiger partial charge on any atom is -0.451 e. The van der Waals surface area contributed by atoms with Crippen LogP contribution in [-0.2, 0) is 11.3 Å². The van der Waals surface area contributed by atoms with Crippen molar-refractivity contribution in [3.63, 3.8) is 0 Å². The van der Waals surface area contributed by atoms with Crippen LogP contribution in [0.4, 0.5) is 0 Å². The number of likely N-dealkylation sites (N-methyl/N-ethyl adjacent to an activating group) is 1. The van der Waals surface area contributed by atoms with E-state index in [1.54, 1.807) is 6.07 Å². The normalized spacial score (nSPS) is 10.9. The van der Waals surface area contributed by atoms with Gasteiger partial charge in [-0.25, -0.2) is 0 Å². The van der Waals surface area contributed by atoms with Gasteiger partial charge in [0.2, 0.25) is 0 Å². The highest BCUT2D eigenvalue weighted by Crippen LogP contribution is 2.24. The number of fused-ring (bicyclic) bond motifs is 1. The highest BCUT2D eigenvalue weighted by Gasteiger charge is 2.18. The largest absolute Gasteiger partial charge is 0.451 e. The van der Waals surface area contributed by atoms with Gasteiger partial charge < -0.3 is 4.42 Å². The predicted octanol–water partition coefficient (Wildman–Crippen LogP) is 2.63. The number of amides is 2. The second-order valence-electron chi connectivity index (χ2n) is 6.21. The molecule has 0 aliphatic carbocycles. The maximum Gasteiger partial charge on any atom is 0.305 e. The van der Waals surface area contributed by atoms with Crippen molar-refractivity contribution in [3.05, 3.63) is 71.5 Å². The highest BCUT2D eigenvalue weighted by atomic mass is 16.3. The van der Waals surface area contributed by atoms with Crippen molar-refractivity contribution in [2.75, 3.05) is 13.6 Å². The maximum atomic E-state index is 12.3. The van der Waals surface area contributed by atoms with Crippen LogP contribution < -0.4 is 10.9 Å². The number of furan rings is 1. The van der Waals surface area contributed by atoms with E-state index in [0.717, 1.165) is 16.5 Å². The van der Waals surface area contributed by atoms with Gasteiger partial charge in [-0.1, -0.05) is 48.5 Å². The molecule has 134 valence electrons. The zero-order valence-corrected chi connectivity index (χ0v) is 14.8. The zero-order chi connectivity index (χ0) is 18.5. The maximum absolute atomic E-state index is 12.3. The van der Waals surface area contributed by atoms with Gasteiger partial charge in [-0.2, -0.15) is 0 Å². The molecule has 1 aromatic heterocycles. The second-order valence-corrected chi connectivity index (χ2v) is 6.21. The first-order valence-corrected chi connectivity index (χ1v) is 8.34. The molecule has 0 atom stereocenters. The number of nitrogens with one attached hydrogen (secondary N) is 2. The van der Waals surface area contributed by atoms with Crippen molar-refractivity contribution in [1.29, 1.82) is 0 Å². The Balaban J connectivity index is 1.53. The summed E-state index contributed by atoms with van der Waals surface area (Å²) in [6.45, 7) is 2.62. The summed E-state index contributed by atoms with van der Waals surface area (Å²) in [4.78, 5) is 26.2. The molecule has 26 heavy (non-hydrogen) atoms. The number of para-hydroxylation sites is 1. The van der Waals surface area contributed by atoms with Crippen LogP contribution in [0.2, 0.25) is 0 Å². The van der Waals surface area contributed by atoms with Crippen LogP contribution >= 0.6 is 0 Å². The van der Waals surface area contributed by atoms with Gasteiger partial charge in [0.1, 0.15) is 5.58 Å². The number of carbonyl (C=O) groups is 2. The molecule has 2 N–H and O–H groups in total. The van der Waals surface area contributed by atoms with Gasteiger partial charge in [0.05, 0.1) is 6.54 Å². The predicted molar refractivity (Wildman–Crippen MR) is 99.3 cm³/mol. The molecule has 6 heteroatoms. The second kappa shape index (κ2) is 7.84. The third kappa shape index (κ3) is 4.10. The standard InChI is InChI=1S/C20H21N3O3/c1-14-16-10-6-7-11-17(16)26-19(14)20(25)22-21-18(24)13-23(2)12-15-8-4-3-5-9-15/h3-11H,12-13H2,1-2H3,(H,21,24)(H,22,25). The first kappa shape index (κ1) is 17.7. The smallest absolute Gasteiger partial charge is 0.305 e. The fourth-order valence-electron chi connectivity index (χ4n) is 2.81. The Hall–Kier alpha value is -3.12. The molecule has 1 heterocycles. The van der Waals surface area contributed by atoms with E-state index in [2.05, 4.69) is 10.9 Å². The van der Waals surface area contributed by atoms with E-state index in [0.29, 0.717) is 12.1 Å². The average Bonchev–Trinajstić information content (AvgIpc) is 2.98. The van der Waals surface area contributed by atoms with Gasteiger partial charge in [-0.15, -0.1) is 0 Å². The zero-order valence-electron chi connectivity index (χ0n) is 14.8. The lowest BCUT2D eigenvalue weighted by molar-refractivity contribution is -0.122. The first-order valence-electron chi connectivity index (χ1n) is 8.34. The molecule has 3 aromatic rings. The molecule has 0 spiro atoms. The fourth-order valence-corrected chi connectivity index (χ4v) is 2.81. The molecule has 3 rings (SSSR count). The molecule has 2 aromatic carbocycles. The minimum atomic E-state index is -0.474. The van der Waals surface area contributed by atoms with Crippen LogP contribution in [0.25, 0.3) is 11.0 Å². The van der Waals surface area contributed by atoms with Gasteiger partial charge in [0.25, 0.3) is 5.91 Å². The molecular formula is C20H21N3O3. The van der Waals surface area contributed by atoms with Gasteiger partial charge in [-0.3, -0.25) is 25.3 Å². The van der Waals surface area contributed by atoms with Gasteiger partial charge >= 0.3 is 5.91 Å². The number of aryl methyl sites for hydroxylation is 1. The van der Waals surface area contributed by atoms with Crippen molar-refractivity contribution in [3.8, 4) is 0 Å². The van der Waals surface area contributed by atoms with E-state index in [-0.39, 0.29) is 18.2 Å². The number of hydrazine groups is 1. The highest BCUT2D eigenvalue weighted by molar-refractivity contribution is 5.99. The number of hydrogen-bond acceptors (Lipinski definition) is 4.